The number of rotatable bonds is 2. The van der Waals surface area contributed by atoms with Crippen LogP contribution in [0.5, 0.6) is 0 Å². The molecule has 0 saturated heterocycles. The smallest absolute Gasteiger partial charge is 0.154 e. The molecule has 0 atom stereocenters. The molecule has 0 bridgehead atoms. The molecule has 1 N–H and O–H groups in total. The largest absolute Gasteiger partial charge is 0.366 e. The van der Waals surface area contributed by atoms with Crippen LogP contribution in [-0.4, -0.2) is 21.0 Å². The molecule has 2 aromatic rings. The molecule has 2 aromatic heterocycles. The van der Waals surface area contributed by atoms with Crippen molar-refractivity contribution in [1.29, 1.82) is 5.26 Å². The summed E-state index contributed by atoms with van der Waals surface area (Å²) in [5.41, 5.74) is 1.10. The highest BCUT2D eigenvalue weighted by Crippen LogP contribution is 2.19. The Morgan fingerprint density at radius 1 is 1.44 bits per heavy atom. The fraction of sp³-hybridized carbons (Fsp3) is 0.273. The van der Waals surface area contributed by atoms with Crippen molar-refractivity contribution < 1.29 is 0 Å². The summed E-state index contributed by atoms with van der Waals surface area (Å²) < 4.78 is 0. The van der Waals surface area contributed by atoms with E-state index in [1.807, 2.05) is 19.9 Å². The van der Waals surface area contributed by atoms with Gasteiger partial charge < -0.3 is 5.32 Å². The standard InChI is InChI=1S/C11H11N5/c1-7(2)15-11-10-8(5-13-6-14-10)3-9(4-12)16-11/h3,5-7H,1-2H3,(H,15,16). The molecule has 2 rings (SSSR count). The first-order valence-electron chi connectivity index (χ1n) is 4.98. The average Bonchev–Trinajstić information content (AvgIpc) is 2.28. The summed E-state index contributed by atoms with van der Waals surface area (Å²) in [6, 6.07) is 3.94. The first-order valence-corrected chi connectivity index (χ1v) is 4.98. The van der Waals surface area contributed by atoms with E-state index < -0.39 is 0 Å². The monoisotopic (exact) mass is 213 g/mol. The summed E-state index contributed by atoms with van der Waals surface area (Å²) in [4.78, 5) is 12.3. The van der Waals surface area contributed by atoms with Crippen LogP contribution in [0.3, 0.4) is 0 Å². The summed E-state index contributed by atoms with van der Waals surface area (Å²) in [7, 11) is 0. The van der Waals surface area contributed by atoms with Crippen LogP contribution in [0.1, 0.15) is 19.5 Å². The second-order valence-electron chi connectivity index (χ2n) is 3.73. The molecule has 0 aliphatic carbocycles. The quantitative estimate of drug-likeness (QED) is 0.822. The minimum absolute atomic E-state index is 0.236. The maximum Gasteiger partial charge on any atom is 0.154 e. The van der Waals surface area contributed by atoms with Crippen molar-refractivity contribution in [2.24, 2.45) is 0 Å². The lowest BCUT2D eigenvalue weighted by molar-refractivity contribution is 0.890. The number of fused-ring (bicyclic) bond motifs is 1. The normalized spacial score (nSPS) is 10.4. The lowest BCUT2D eigenvalue weighted by Gasteiger charge is -2.10. The van der Waals surface area contributed by atoms with E-state index in [-0.39, 0.29) is 6.04 Å². The van der Waals surface area contributed by atoms with Gasteiger partial charge in [0.05, 0.1) is 0 Å². The molecule has 0 fully saturated rings. The molecule has 0 saturated carbocycles. The highest BCUT2D eigenvalue weighted by Gasteiger charge is 2.07. The van der Waals surface area contributed by atoms with E-state index in [1.54, 1.807) is 12.3 Å². The van der Waals surface area contributed by atoms with Crippen LogP contribution in [0, 0.1) is 11.3 Å². The third-order valence-corrected chi connectivity index (χ3v) is 2.03. The number of anilines is 1. The Kier molecular flexibility index (Phi) is 2.64. The Balaban J connectivity index is 2.65. The van der Waals surface area contributed by atoms with Crippen LogP contribution in [0.4, 0.5) is 5.82 Å². The van der Waals surface area contributed by atoms with Crippen molar-refractivity contribution in [3.63, 3.8) is 0 Å². The van der Waals surface area contributed by atoms with Crippen LogP contribution in [0.15, 0.2) is 18.6 Å². The van der Waals surface area contributed by atoms with Crippen LogP contribution in [0.25, 0.3) is 10.9 Å². The van der Waals surface area contributed by atoms with Crippen molar-refractivity contribution >= 4 is 16.7 Å². The van der Waals surface area contributed by atoms with E-state index in [1.165, 1.54) is 6.33 Å². The molecule has 16 heavy (non-hydrogen) atoms. The van der Waals surface area contributed by atoms with Gasteiger partial charge in [-0.15, -0.1) is 0 Å². The van der Waals surface area contributed by atoms with Crippen molar-refractivity contribution in [1.82, 2.24) is 15.0 Å². The van der Waals surface area contributed by atoms with E-state index in [0.29, 0.717) is 11.5 Å². The lowest BCUT2D eigenvalue weighted by atomic mass is 10.2. The van der Waals surface area contributed by atoms with Gasteiger partial charge in [0.15, 0.2) is 5.82 Å². The number of aromatic nitrogens is 3. The van der Waals surface area contributed by atoms with E-state index in [9.17, 15) is 0 Å². The minimum atomic E-state index is 0.236. The molecular weight excluding hydrogens is 202 g/mol. The van der Waals surface area contributed by atoms with Gasteiger partial charge in [-0.1, -0.05) is 0 Å². The molecule has 0 spiro atoms. The molecule has 0 radical (unpaired) electrons. The Morgan fingerprint density at radius 3 is 2.94 bits per heavy atom. The molecule has 2 heterocycles. The van der Waals surface area contributed by atoms with Crippen LogP contribution >= 0.6 is 0 Å². The Hall–Kier alpha value is -2.22. The van der Waals surface area contributed by atoms with E-state index >= 15 is 0 Å². The minimum Gasteiger partial charge on any atom is -0.366 e. The fourth-order valence-corrected chi connectivity index (χ4v) is 1.43. The van der Waals surface area contributed by atoms with Crippen LogP contribution in [0.2, 0.25) is 0 Å². The third kappa shape index (κ3) is 1.91. The molecule has 0 aliphatic rings. The second kappa shape index (κ2) is 4.11. The number of nitrogens with one attached hydrogen (secondary N) is 1. The number of nitriles is 1. The van der Waals surface area contributed by atoms with Crippen molar-refractivity contribution in [3.8, 4) is 6.07 Å². The topological polar surface area (TPSA) is 74.5 Å². The van der Waals surface area contributed by atoms with Crippen molar-refractivity contribution in [3.05, 3.63) is 24.3 Å². The van der Waals surface area contributed by atoms with Crippen molar-refractivity contribution in [2.45, 2.75) is 19.9 Å². The van der Waals surface area contributed by atoms with E-state index in [2.05, 4.69) is 20.3 Å². The number of hydrogen-bond acceptors (Lipinski definition) is 5. The Bertz CT molecular complexity index is 556. The summed E-state index contributed by atoms with van der Waals surface area (Å²) in [6.45, 7) is 4.02. The molecule has 0 unspecified atom stereocenters. The molecule has 0 aromatic carbocycles. The van der Waals surface area contributed by atoms with Gasteiger partial charge >= 0.3 is 0 Å². The van der Waals surface area contributed by atoms with Gasteiger partial charge in [-0.2, -0.15) is 5.26 Å². The van der Waals surface area contributed by atoms with Gasteiger partial charge in [-0.25, -0.2) is 15.0 Å². The fourth-order valence-electron chi connectivity index (χ4n) is 1.43. The highest BCUT2D eigenvalue weighted by atomic mass is 15.0. The van der Waals surface area contributed by atoms with E-state index in [4.69, 9.17) is 5.26 Å². The van der Waals surface area contributed by atoms with Crippen LogP contribution in [-0.2, 0) is 0 Å². The van der Waals surface area contributed by atoms with Crippen LogP contribution < -0.4 is 5.32 Å². The first-order chi connectivity index (χ1) is 7.70. The predicted molar refractivity (Wildman–Crippen MR) is 60.8 cm³/mol. The predicted octanol–water partition coefficient (Wildman–Crippen LogP) is 1.72. The number of pyridine rings is 1. The maximum absolute atomic E-state index is 8.87. The van der Waals surface area contributed by atoms with Gasteiger partial charge in [0.1, 0.15) is 23.6 Å². The Morgan fingerprint density at radius 2 is 2.25 bits per heavy atom. The van der Waals surface area contributed by atoms with Crippen molar-refractivity contribution in [2.75, 3.05) is 5.32 Å². The number of hydrogen-bond donors (Lipinski definition) is 1. The van der Waals surface area contributed by atoms with Gasteiger partial charge in [-0.3, -0.25) is 0 Å². The highest BCUT2D eigenvalue weighted by molar-refractivity contribution is 5.88. The summed E-state index contributed by atoms with van der Waals surface area (Å²) in [5, 5.41) is 12.9. The zero-order valence-corrected chi connectivity index (χ0v) is 9.10. The second-order valence-corrected chi connectivity index (χ2v) is 3.73. The van der Waals surface area contributed by atoms with E-state index in [0.717, 1.165) is 10.9 Å². The third-order valence-electron chi connectivity index (χ3n) is 2.03. The SMILES string of the molecule is CC(C)Nc1nc(C#N)cc2cncnc12. The Labute approximate surface area is 93.2 Å². The molecule has 0 aliphatic heterocycles. The zero-order chi connectivity index (χ0) is 11.5. The van der Waals surface area contributed by atoms with Gasteiger partial charge in [0.25, 0.3) is 0 Å². The molecule has 80 valence electrons. The first kappa shape index (κ1) is 10.3. The summed E-state index contributed by atoms with van der Waals surface area (Å²) >= 11 is 0. The summed E-state index contributed by atoms with van der Waals surface area (Å²) in [5.74, 6) is 0.631. The average molecular weight is 213 g/mol. The summed E-state index contributed by atoms with van der Waals surface area (Å²) in [6.07, 6.45) is 3.15. The maximum atomic E-state index is 8.87. The lowest BCUT2D eigenvalue weighted by Crippen LogP contribution is -2.12. The van der Waals surface area contributed by atoms with Gasteiger partial charge in [0, 0.05) is 17.6 Å². The van der Waals surface area contributed by atoms with Gasteiger partial charge in [0.2, 0.25) is 0 Å². The zero-order valence-electron chi connectivity index (χ0n) is 9.10. The molecule has 5 heteroatoms. The molecular formula is C11H11N5. The number of nitrogens with zero attached hydrogens (tertiary/aromatic N) is 4. The molecule has 5 nitrogen and oxygen atoms in total. The van der Waals surface area contributed by atoms with Gasteiger partial charge in [-0.05, 0) is 19.9 Å². The molecule has 0 amide bonds.